The number of amides is 1. The van der Waals surface area contributed by atoms with Crippen molar-refractivity contribution in [3.63, 3.8) is 0 Å². The first-order valence-electron chi connectivity index (χ1n) is 7.40. The molecule has 0 saturated carbocycles. The lowest BCUT2D eigenvalue weighted by Gasteiger charge is -2.39. The first-order chi connectivity index (χ1) is 11.1. The molecule has 118 valence electrons. The molecule has 0 unspecified atom stereocenters. The van der Waals surface area contributed by atoms with Crippen LogP contribution in [0.2, 0.25) is 0 Å². The Labute approximate surface area is 134 Å². The normalized spacial score (nSPS) is 19.6. The molecule has 1 amide bonds. The highest BCUT2D eigenvalue weighted by molar-refractivity contribution is 5.86. The topological polar surface area (TPSA) is 66.8 Å². The van der Waals surface area contributed by atoms with Crippen LogP contribution in [0.1, 0.15) is 12.5 Å². The molecule has 1 saturated heterocycles. The molecule has 2 atom stereocenters. The molecule has 1 aliphatic rings. The van der Waals surface area contributed by atoms with Crippen LogP contribution in [-0.4, -0.2) is 34.2 Å². The van der Waals surface area contributed by atoms with Gasteiger partial charge in [0.25, 0.3) is 0 Å². The third-order valence-electron chi connectivity index (χ3n) is 3.98. The first-order valence-corrected chi connectivity index (χ1v) is 7.40. The molecule has 0 bridgehead atoms. The van der Waals surface area contributed by atoms with E-state index in [4.69, 9.17) is 4.74 Å². The molecule has 1 heterocycles. The van der Waals surface area contributed by atoms with Gasteiger partial charge in [0.15, 0.2) is 6.04 Å². The molecule has 5 nitrogen and oxygen atoms in total. The minimum absolute atomic E-state index is 0.161. The zero-order chi connectivity index (χ0) is 16.4. The Morgan fingerprint density at radius 2 is 1.70 bits per heavy atom. The fourth-order valence-electron chi connectivity index (χ4n) is 2.73. The summed E-state index contributed by atoms with van der Waals surface area (Å²) in [5, 5.41) is 9.36. The molecular formula is C18H17NO4. The van der Waals surface area contributed by atoms with Gasteiger partial charge in [-0.25, -0.2) is 9.59 Å². The van der Waals surface area contributed by atoms with Crippen LogP contribution in [0.4, 0.5) is 4.79 Å². The maximum Gasteiger partial charge on any atom is 0.408 e. The number of ether oxygens (including phenoxy) is 1. The van der Waals surface area contributed by atoms with Crippen LogP contribution in [-0.2, 0) is 16.1 Å². The van der Waals surface area contributed by atoms with E-state index in [9.17, 15) is 14.7 Å². The van der Waals surface area contributed by atoms with Gasteiger partial charge in [0, 0.05) is 0 Å². The van der Waals surface area contributed by atoms with Gasteiger partial charge >= 0.3 is 12.1 Å². The van der Waals surface area contributed by atoms with Crippen LogP contribution in [0.15, 0.2) is 54.6 Å². The Balaban J connectivity index is 1.76. The quantitative estimate of drug-likeness (QED) is 0.881. The Morgan fingerprint density at radius 3 is 2.22 bits per heavy atom. The lowest BCUT2D eigenvalue weighted by molar-refractivity contribution is -0.183. The van der Waals surface area contributed by atoms with Gasteiger partial charge in [0.2, 0.25) is 0 Å². The largest absolute Gasteiger partial charge is 0.465 e. The minimum atomic E-state index is -1.12. The SMILES string of the molecule is C[C@@H]1OC(=O)[C@@H]1N(Cc1ccc(-c2ccccc2)cc1)C(=O)O. The van der Waals surface area contributed by atoms with Crippen molar-refractivity contribution in [2.75, 3.05) is 0 Å². The van der Waals surface area contributed by atoms with Crippen molar-refractivity contribution >= 4 is 12.1 Å². The summed E-state index contributed by atoms with van der Waals surface area (Å²) in [7, 11) is 0. The summed E-state index contributed by atoms with van der Waals surface area (Å²) in [4.78, 5) is 24.1. The average molecular weight is 311 g/mol. The average Bonchev–Trinajstić information content (AvgIpc) is 2.55. The second kappa shape index (κ2) is 6.12. The Morgan fingerprint density at radius 1 is 1.09 bits per heavy atom. The van der Waals surface area contributed by atoms with Crippen LogP contribution in [0, 0.1) is 0 Å². The molecule has 3 rings (SSSR count). The number of carboxylic acid groups (broad SMARTS) is 1. The Kier molecular flexibility index (Phi) is 4.02. The molecule has 0 aromatic heterocycles. The number of hydrogen-bond acceptors (Lipinski definition) is 3. The number of rotatable bonds is 4. The lowest BCUT2D eigenvalue weighted by Crippen LogP contribution is -2.59. The van der Waals surface area contributed by atoms with Gasteiger partial charge in [-0.3, -0.25) is 4.90 Å². The number of carbonyl (C=O) groups excluding carboxylic acids is 1. The molecule has 0 spiro atoms. The third-order valence-corrected chi connectivity index (χ3v) is 3.98. The molecule has 2 aromatic rings. The summed E-state index contributed by atoms with van der Waals surface area (Å²) in [5.74, 6) is -0.485. The minimum Gasteiger partial charge on any atom is -0.465 e. The highest BCUT2D eigenvalue weighted by Gasteiger charge is 2.45. The maximum atomic E-state index is 11.5. The van der Waals surface area contributed by atoms with Crippen molar-refractivity contribution in [1.29, 1.82) is 0 Å². The van der Waals surface area contributed by atoms with Crippen molar-refractivity contribution < 1.29 is 19.4 Å². The summed E-state index contributed by atoms with van der Waals surface area (Å²) >= 11 is 0. The van der Waals surface area contributed by atoms with Crippen molar-refractivity contribution in [2.24, 2.45) is 0 Å². The summed E-state index contributed by atoms with van der Waals surface area (Å²) in [6, 6.07) is 16.9. The number of benzene rings is 2. The molecule has 1 N–H and O–H groups in total. The predicted molar refractivity (Wildman–Crippen MR) is 84.8 cm³/mol. The van der Waals surface area contributed by atoms with E-state index in [1.807, 2.05) is 54.6 Å². The van der Waals surface area contributed by atoms with Crippen molar-refractivity contribution in [1.82, 2.24) is 4.90 Å². The summed E-state index contributed by atoms with van der Waals surface area (Å²) in [5.41, 5.74) is 3.00. The number of hydrogen-bond donors (Lipinski definition) is 1. The number of esters is 1. The Bertz CT molecular complexity index is 712. The molecule has 0 aliphatic carbocycles. The molecular weight excluding hydrogens is 294 g/mol. The van der Waals surface area contributed by atoms with E-state index in [1.54, 1.807) is 6.92 Å². The molecule has 0 radical (unpaired) electrons. The van der Waals surface area contributed by atoms with Crippen LogP contribution < -0.4 is 0 Å². The van der Waals surface area contributed by atoms with Gasteiger partial charge in [0.1, 0.15) is 6.10 Å². The van der Waals surface area contributed by atoms with Crippen LogP contribution in [0.5, 0.6) is 0 Å². The van der Waals surface area contributed by atoms with Gasteiger partial charge < -0.3 is 9.84 Å². The highest BCUT2D eigenvalue weighted by atomic mass is 16.6. The van der Waals surface area contributed by atoms with Gasteiger partial charge in [-0.2, -0.15) is 0 Å². The monoisotopic (exact) mass is 311 g/mol. The van der Waals surface area contributed by atoms with E-state index < -0.39 is 24.2 Å². The van der Waals surface area contributed by atoms with Crippen LogP contribution in [0.3, 0.4) is 0 Å². The van der Waals surface area contributed by atoms with E-state index >= 15 is 0 Å². The fourth-order valence-corrected chi connectivity index (χ4v) is 2.73. The van der Waals surface area contributed by atoms with Crippen molar-refractivity contribution in [3.05, 3.63) is 60.2 Å². The van der Waals surface area contributed by atoms with Crippen molar-refractivity contribution in [3.8, 4) is 11.1 Å². The van der Waals surface area contributed by atoms with E-state index in [0.29, 0.717) is 0 Å². The lowest BCUT2D eigenvalue weighted by atomic mass is 10.0. The van der Waals surface area contributed by atoms with Crippen molar-refractivity contribution in [2.45, 2.75) is 25.6 Å². The van der Waals surface area contributed by atoms with Crippen LogP contribution >= 0.6 is 0 Å². The summed E-state index contributed by atoms with van der Waals surface area (Å²) in [6.07, 6.45) is -1.52. The molecule has 5 heteroatoms. The molecule has 23 heavy (non-hydrogen) atoms. The van der Waals surface area contributed by atoms with E-state index in [0.717, 1.165) is 21.6 Å². The number of cyclic esters (lactones) is 1. The van der Waals surface area contributed by atoms with Gasteiger partial charge in [0.05, 0.1) is 6.54 Å². The zero-order valence-electron chi connectivity index (χ0n) is 12.7. The second-order valence-electron chi connectivity index (χ2n) is 5.56. The predicted octanol–water partition coefficient (Wildman–Crippen LogP) is 3.15. The standard InChI is InChI=1S/C18H17NO4/c1-12-16(17(20)23-12)19(18(21)22)11-13-7-9-15(10-8-13)14-5-3-2-4-6-14/h2-10,12,16H,11H2,1H3,(H,21,22)/t12-,16+/m0/s1. The second-order valence-corrected chi connectivity index (χ2v) is 5.56. The maximum absolute atomic E-state index is 11.5. The summed E-state index contributed by atoms with van der Waals surface area (Å²) in [6.45, 7) is 1.86. The first kappa shape index (κ1) is 15.1. The van der Waals surface area contributed by atoms with E-state index in [1.165, 1.54) is 0 Å². The number of nitrogens with zero attached hydrogens (tertiary/aromatic N) is 1. The van der Waals surface area contributed by atoms with E-state index in [-0.39, 0.29) is 6.54 Å². The summed E-state index contributed by atoms with van der Waals surface area (Å²) < 4.78 is 4.85. The fraction of sp³-hybridized carbons (Fsp3) is 0.222. The van der Waals surface area contributed by atoms with Gasteiger partial charge in [-0.05, 0) is 23.6 Å². The van der Waals surface area contributed by atoms with Gasteiger partial charge in [-0.1, -0.05) is 54.6 Å². The molecule has 1 aliphatic heterocycles. The highest BCUT2D eigenvalue weighted by Crippen LogP contribution is 2.24. The molecule has 1 fully saturated rings. The zero-order valence-corrected chi connectivity index (χ0v) is 12.7. The van der Waals surface area contributed by atoms with Crippen LogP contribution in [0.25, 0.3) is 11.1 Å². The third kappa shape index (κ3) is 3.04. The van der Waals surface area contributed by atoms with Gasteiger partial charge in [-0.15, -0.1) is 0 Å². The van der Waals surface area contributed by atoms with E-state index in [2.05, 4.69) is 0 Å². The Hall–Kier alpha value is -2.82. The molecule has 2 aromatic carbocycles. The number of carbonyl (C=O) groups is 2. The smallest absolute Gasteiger partial charge is 0.408 e.